The number of aliphatic hydroxyl groups is 1. The van der Waals surface area contributed by atoms with Crippen LogP contribution in [0.15, 0.2) is 31.4 Å². The number of likely N-dealkylation sites (tertiary alicyclic amines) is 1. The second kappa shape index (κ2) is 6.46. The molecule has 22 heavy (non-hydrogen) atoms. The number of hydrogen-bond donors (Lipinski definition) is 1. The monoisotopic (exact) mass is 301 g/mol. The van der Waals surface area contributed by atoms with Crippen molar-refractivity contribution < 1.29 is 5.11 Å². The van der Waals surface area contributed by atoms with Gasteiger partial charge in [-0.1, -0.05) is 6.58 Å². The lowest BCUT2D eigenvalue weighted by Gasteiger charge is -2.34. The van der Waals surface area contributed by atoms with Crippen LogP contribution in [-0.2, 0) is 13.6 Å². The number of aromatic nitrogens is 4. The van der Waals surface area contributed by atoms with Crippen molar-refractivity contribution in [1.82, 2.24) is 24.2 Å². The lowest BCUT2D eigenvalue weighted by molar-refractivity contribution is 0.0405. The SMILES string of the molecule is C=Cn1cc(CN2CCCC(C(O)c3nccn3C)C2)cn1. The molecule has 0 bridgehead atoms. The molecule has 0 aliphatic carbocycles. The molecule has 3 heterocycles. The molecule has 0 aromatic carbocycles. The summed E-state index contributed by atoms with van der Waals surface area (Å²) in [4.78, 5) is 6.66. The fourth-order valence-electron chi connectivity index (χ4n) is 3.18. The van der Waals surface area contributed by atoms with E-state index < -0.39 is 6.10 Å². The van der Waals surface area contributed by atoms with Crippen molar-refractivity contribution in [1.29, 1.82) is 0 Å². The largest absolute Gasteiger partial charge is 0.385 e. The van der Waals surface area contributed by atoms with E-state index in [-0.39, 0.29) is 5.92 Å². The predicted molar refractivity (Wildman–Crippen MR) is 84.8 cm³/mol. The summed E-state index contributed by atoms with van der Waals surface area (Å²) in [5.41, 5.74) is 1.17. The van der Waals surface area contributed by atoms with Gasteiger partial charge in [0.2, 0.25) is 0 Å². The molecule has 0 radical (unpaired) electrons. The van der Waals surface area contributed by atoms with Crippen LogP contribution in [0.3, 0.4) is 0 Å². The highest BCUT2D eigenvalue weighted by Gasteiger charge is 2.29. The molecule has 1 fully saturated rings. The summed E-state index contributed by atoms with van der Waals surface area (Å²) in [5.74, 6) is 0.982. The van der Waals surface area contributed by atoms with Crippen molar-refractivity contribution in [3.05, 3.63) is 42.8 Å². The van der Waals surface area contributed by atoms with Crippen molar-refractivity contribution in [2.24, 2.45) is 13.0 Å². The molecule has 3 rings (SSSR count). The van der Waals surface area contributed by atoms with Gasteiger partial charge in [0.15, 0.2) is 0 Å². The molecular formula is C16H23N5O. The Balaban J connectivity index is 1.63. The number of piperidine rings is 1. The van der Waals surface area contributed by atoms with Crippen LogP contribution in [0.1, 0.15) is 30.3 Å². The van der Waals surface area contributed by atoms with Gasteiger partial charge in [-0.15, -0.1) is 0 Å². The lowest BCUT2D eigenvalue weighted by atomic mass is 9.92. The van der Waals surface area contributed by atoms with Gasteiger partial charge in [0, 0.05) is 56.4 Å². The molecule has 6 nitrogen and oxygen atoms in total. The minimum absolute atomic E-state index is 0.226. The first kappa shape index (κ1) is 15.0. The van der Waals surface area contributed by atoms with Crippen LogP contribution in [0.25, 0.3) is 6.20 Å². The second-order valence-electron chi connectivity index (χ2n) is 5.99. The highest BCUT2D eigenvalue weighted by Crippen LogP contribution is 2.29. The van der Waals surface area contributed by atoms with Gasteiger partial charge >= 0.3 is 0 Å². The average Bonchev–Trinajstić information content (AvgIpc) is 3.15. The molecular weight excluding hydrogens is 278 g/mol. The van der Waals surface area contributed by atoms with Crippen LogP contribution < -0.4 is 0 Å². The molecule has 0 saturated carbocycles. The Kier molecular flexibility index (Phi) is 4.40. The van der Waals surface area contributed by atoms with Crippen LogP contribution in [0.4, 0.5) is 0 Å². The highest BCUT2D eigenvalue weighted by atomic mass is 16.3. The van der Waals surface area contributed by atoms with Gasteiger partial charge in [-0.05, 0) is 19.4 Å². The molecule has 2 atom stereocenters. The summed E-state index contributed by atoms with van der Waals surface area (Å²) in [6.07, 6.45) is 10.8. The van der Waals surface area contributed by atoms with Crippen molar-refractivity contribution in [3.63, 3.8) is 0 Å². The van der Waals surface area contributed by atoms with E-state index in [2.05, 4.69) is 21.6 Å². The second-order valence-corrected chi connectivity index (χ2v) is 5.99. The Morgan fingerprint density at radius 1 is 1.55 bits per heavy atom. The van der Waals surface area contributed by atoms with Gasteiger partial charge in [-0.2, -0.15) is 5.10 Å². The maximum atomic E-state index is 10.6. The first-order valence-electron chi connectivity index (χ1n) is 7.70. The molecule has 1 saturated heterocycles. The van der Waals surface area contributed by atoms with Crippen LogP contribution >= 0.6 is 0 Å². The summed E-state index contributed by atoms with van der Waals surface area (Å²) in [7, 11) is 1.93. The third-order valence-electron chi connectivity index (χ3n) is 4.36. The Hall–Kier alpha value is -1.92. The van der Waals surface area contributed by atoms with Crippen LogP contribution in [0.5, 0.6) is 0 Å². The lowest BCUT2D eigenvalue weighted by Crippen LogP contribution is -2.37. The van der Waals surface area contributed by atoms with Gasteiger partial charge in [0.25, 0.3) is 0 Å². The fourth-order valence-corrected chi connectivity index (χ4v) is 3.18. The van der Waals surface area contributed by atoms with Crippen molar-refractivity contribution >= 4 is 6.20 Å². The van der Waals surface area contributed by atoms with E-state index in [0.717, 1.165) is 38.3 Å². The van der Waals surface area contributed by atoms with E-state index in [1.54, 1.807) is 17.1 Å². The normalized spacial score (nSPS) is 20.9. The quantitative estimate of drug-likeness (QED) is 0.912. The summed E-state index contributed by atoms with van der Waals surface area (Å²) in [5, 5.41) is 14.8. The molecule has 118 valence electrons. The van der Waals surface area contributed by atoms with Gasteiger partial charge in [-0.25, -0.2) is 9.67 Å². The molecule has 1 aliphatic rings. The van der Waals surface area contributed by atoms with Crippen LogP contribution in [-0.4, -0.2) is 42.4 Å². The van der Waals surface area contributed by atoms with Crippen molar-refractivity contribution in [3.8, 4) is 0 Å². The Labute approximate surface area is 130 Å². The maximum absolute atomic E-state index is 10.6. The number of imidazole rings is 1. The van der Waals surface area contributed by atoms with Gasteiger partial charge in [-0.3, -0.25) is 4.90 Å². The van der Waals surface area contributed by atoms with Crippen LogP contribution in [0.2, 0.25) is 0 Å². The molecule has 1 aliphatic heterocycles. The predicted octanol–water partition coefficient (Wildman–Crippen LogP) is 1.66. The average molecular weight is 301 g/mol. The number of hydrogen-bond acceptors (Lipinski definition) is 4. The molecule has 1 N–H and O–H groups in total. The van der Waals surface area contributed by atoms with E-state index in [0.29, 0.717) is 0 Å². The zero-order valence-corrected chi connectivity index (χ0v) is 13.0. The first-order valence-corrected chi connectivity index (χ1v) is 7.70. The van der Waals surface area contributed by atoms with E-state index >= 15 is 0 Å². The number of aliphatic hydroxyl groups excluding tert-OH is 1. The van der Waals surface area contributed by atoms with Gasteiger partial charge in [0.1, 0.15) is 11.9 Å². The first-order chi connectivity index (χ1) is 10.7. The van der Waals surface area contributed by atoms with E-state index in [1.807, 2.05) is 30.2 Å². The highest BCUT2D eigenvalue weighted by molar-refractivity contribution is 5.17. The van der Waals surface area contributed by atoms with Crippen molar-refractivity contribution in [2.75, 3.05) is 13.1 Å². The Bertz CT molecular complexity index is 632. The van der Waals surface area contributed by atoms with E-state index in [1.165, 1.54) is 5.56 Å². The van der Waals surface area contributed by atoms with E-state index in [4.69, 9.17) is 0 Å². The molecule has 2 unspecified atom stereocenters. The third kappa shape index (κ3) is 3.13. The molecule has 0 amide bonds. The minimum atomic E-state index is -0.501. The topological polar surface area (TPSA) is 59.1 Å². The van der Waals surface area contributed by atoms with Crippen molar-refractivity contribution in [2.45, 2.75) is 25.5 Å². The zero-order valence-electron chi connectivity index (χ0n) is 13.0. The fraction of sp³-hybridized carbons (Fsp3) is 0.500. The summed E-state index contributed by atoms with van der Waals surface area (Å²) >= 11 is 0. The number of nitrogens with zero attached hydrogens (tertiary/aromatic N) is 5. The van der Waals surface area contributed by atoms with E-state index in [9.17, 15) is 5.11 Å². The third-order valence-corrected chi connectivity index (χ3v) is 4.36. The van der Waals surface area contributed by atoms with Crippen LogP contribution in [0, 0.1) is 5.92 Å². The van der Waals surface area contributed by atoms with Gasteiger partial charge < -0.3 is 9.67 Å². The summed E-state index contributed by atoms with van der Waals surface area (Å²) in [6.45, 7) is 6.51. The number of aryl methyl sites for hydroxylation is 1. The Morgan fingerprint density at radius 2 is 2.41 bits per heavy atom. The molecule has 0 spiro atoms. The minimum Gasteiger partial charge on any atom is -0.385 e. The zero-order chi connectivity index (χ0) is 15.5. The van der Waals surface area contributed by atoms with Gasteiger partial charge in [0.05, 0.1) is 6.20 Å². The molecule has 2 aromatic heterocycles. The maximum Gasteiger partial charge on any atom is 0.137 e. The smallest absolute Gasteiger partial charge is 0.137 e. The Morgan fingerprint density at radius 3 is 3.09 bits per heavy atom. The molecule has 2 aromatic rings. The summed E-state index contributed by atoms with van der Waals surface area (Å²) < 4.78 is 3.62. The summed E-state index contributed by atoms with van der Waals surface area (Å²) in [6, 6.07) is 0. The molecule has 6 heteroatoms. The number of rotatable bonds is 5. The standard InChI is InChI=1S/C16H23N5O/c1-3-21-11-13(9-18-21)10-20-7-4-5-14(12-20)15(22)16-17-6-8-19(16)2/h3,6,8-9,11,14-15,22H,1,4-5,7,10,12H2,2H3.